The Labute approximate surface area is 168 Å². The van der Waals surface area contributed by atoms with Gasteiger partial charge in [-0.25, -0.2) is 0 Å². The molecule has 2 aliphatic rings. The zero-order valence-corrected chi connectivity index (χ0v) is 16.4. The lowest BCUT2D eigenvalue weighted by molar-refractivity contribution is -0.385. The van der Waals surface area contributed by atoms with E-state index in [9.17, 15) is 29.9 Å². The maximum Gasteiger partial charge on any atom is 0.269 e. The Morgan fingerprint density at radius 2 is 2.21 bits per heavy atom. The highest BCUT2D eigenvalue weighted by Gasteiger charge is 2.52. The fraction of sp³-hybridized carbons (Fsp3) is 0.500. The van der Waals surface area contributed by atoms with Gasteiger partial charge in [0.05, 0.1) is 23.3 Å². The van der Waals surface area contributed by atoms with Gasteiger partial charge < -0.3 is 20.0 Å². The molecule has 0 spiro atoms. The maximum atomic E-state index is 12.8. The standard InChI is InChI=1S/C20H25N3O6/c1-13(5-3-7-18(25)22-10-4-6-15(22)12-24)20(27)16-11-14(23(28)29)8-9-17(16)21(2)19(20)26/h3,5,8-9,11,13,15,24,27H,4,6-7,10,12H2,1-2H3/b5-3+/t13-,15-,20+/m0/s1. The Hall–Kier alpha value is -2.78. The largest absolute Gasteiger partial charge is 0.394 e. The summed E-state index contributed by atoms with van der Waals surface area (Å²) in [7, 11) is 1.51. The Bertz CT molecular complexity index is 870. The van der Waals surface area contributed by atoms with Crippen molar-refractivity contribution >= 4 is 23.2 Å². The third-order valence-electron chi connectivity index (χ3n) is 5.88. The molecule has 2 aliphatic heterocycles. The molecule has 2 amide bonds. The van der Waals surface area contributed by atoms with Crippen LogP contribution >= 0.6 is 0 Å². The Balaban J connectivity index is 1.80. The zero-order chi connectivity index (χ0) is 21.3. The monoisotopic (exact) mass is 403 g/mol. The number of nitro benzene ring substituents is 1. The molecule has 0 aromatic heterocycles. The van der Waals surface area contributed by atoms with Gasteiger partial charge in [-0.1, -0.05) is 19.1 Å². The maximum absolute atomic E-state index is 12.8. The van der Waals surface area contributed by atoms with E-state index in [1.165, 1.54) is 30.1 Å². The molecule has 0 unspecified atom stereocenters. The van der Waals surface area contributed by atoms with Crippen molar-refractivity contribution < 1.29 is 24.7 Å². The molecule has 3 rings (SSSR count). The molecule has 0 bridgehead atoms. The van der Waals surface area contributed by atoms with Crippen molar-refractivity contribution in [3.8, 4) is 0 Å². The van der Waals surface area contributed by atoms with Crippen molar-refractivity contribution in [2.45, 2.75) is 37.8 Å². The number of likely N-dealkylation sites (tertiary alicyclic amines) is 1. The van der Waals surface area contributed by atoms with E-state index < -0.39 is 22.3 Å². The number of non-ortho nitro benzene ring substituents is 1. The first-order valence-electron chi connectivity index (χ1n) is 9.58. The van der Waals surface area contributed by atoms with Gasteiger partial charge in [0.25, 0.3) is 11.6 Å². The van der Waals surface area contributed by atoms with Crippen molar-refractivity contribution in [1.29, 1.82) is 0 Å². The number of nitro groups is 1. The Kier molecular flexibility index (Phi) is 5.72. The van der Waals surface area contributed by atoms with Crippen LogP contribution in [0, 0.1) is 16.0 Å². The summed E-state index contributed by atoms with van der Waals surface area (Å²) in [5.41, 5.74) is -1.55. The number of likely N-dealkylation sites (N-methyl/N-ethyl adjacent to an activating group) is 1. The smallest absolute Gasteiger partial charge is 0.269 e. The number of aliphatic hydroxyl groups excluding tert-OH is 1. The van der Waals surface area contributed by atoms with E-state index in [0.29, 0.717) is 12.2 Å². The molecule has 2 heterocycles. The van der Waals surface area contributed by atoms with Gasteiger partial charge in [-0.15, -0.1) is 0 Å². The number of carbonyl (C=O) groups excluding carboxylic acids is 2. The second-order valence-electron chi connectivity index (χ2n) is 7.58. The quantitative estimate of drug-likeness (QED) is 0.419. The summed E-state index contributed by atoms with van der Waals surface area (Å²) >= 11 is 0. The third-order valence-corrected chi connectivity index (χ3v) is 5.88. The van der Waals surface area contributed by atoms with Crippen molar-refractivity contribution in [3.05, 3.63) is 46.0 Å². The normalized spacial score (nSPS) is 25.0. The highest BCUT2D eigenvalue weighted by Crippen LogP contribution is 2.45. The van der Waals surface area contributed by atoms with E-state index in [4.69, 9.17) is 0 Å². The summed E-state index contributed by atoms with van der Waals surface area (Å²) < 4.78 is 0. The van der Waals surface area contributed by atoms with Crippen LogP contribution < -0.4 is 4.90 Å². The van der Waals surface area contributed by atoms with Crippen LogP contribution in [0.2, 0.25) is 0 Å². The average Bonchev–Trinajstić information content (AvgIpc) is 3.26. The highest BCUT2D eigenvalue weighted by molar-refractivity contribution is 6.07. The van der Waals surface area contributed by atoms with Crippen LogP contribution in [0.1, 0.15) is 31.7 Å². The number of aliphatic hydroxyl groups is 2. The first kappa shape index (κ1) is 20.9. The molecule has 0 saturated carbocycles. The van der Waals surface area contributed by atoms with Gasteiger partial charge in [0.1, 0.15) is 0 Å². The van der Waals surface area contributed by atoms with Crippen LogP contribution in [-0.4, -0.2) is 58.1 Å². The van der Waals surface area contributed by atoms with Crippen molar-refractivity contribution in [2.75, 3.05) is 25.1 Å². The number of carbonyl (C=O) groups is 2. The number of fused-ring (bicyclic) bond motifs is 1. The minimum Gasteiger partial charge on any atom is -0.394 e. The van der Waals surface area contributed by atoms with E-state index >= 15 is 0 Å². The van der Waals surface area contributed by atoms with Crippen LogP contribution in [0.25, 0.3) is 0 Å². The van der Waals surface area contributed by atoms with E-state index in [1.54, 1.807) is 24.0 Å². The van der Waals surface area contributed by atoms with Crippen molar-refractivity contribution in [3.63, 3.8) is 0 Å². The summed E-state index contributed by atoms with van der Waals surface area (Å²) in [5, 5.41) is 31.7. The van der Waals surface area contributed by atoms with E-state index in [2.05, 4.69) is 0 Å². The number of hydrogen-bond donors (Lipinski definition) is 2. The number of amides is 2. The minimum absolute atomic E-state index is 0.0675. The molecular formula is C20H25N3O6. The lowest BCUT2D eigenvalue weighted by Crippen LogP contribution is -2.43. The number of nitrogens with zero attached hydrogens (tertiary/aromatic N) is 3. The molecule has 1 saturated heterocycles. The average molecular weight is 403 g/mol. The van der Waals surface area contributed by atoms with E-state index in [1.807, 2.05) is 0 Å². The molecule has 0 aliphatic carbocycles. The number of anilines is 1. The van der Waals surface area contributed by atoms with Gasteiger partial charge in [0, 0.05) is 43.6 Å². The van der Waals surface area contributed by atoms with Gasteiger partial charge in [0.2, 0.25) is 5.91 Å². The lowest BCUT2D eigenvalue weighted by atomic mass is 9.82. The molecule has 156 valence electrons. The first-order valence-corrected chi connectivity index (χ1v) is 9.58. The predicted molar refractivity (Wildman–Crippen MR) is 105 cm³/mol. The van der Waals surface area contributed by atoms with Crippen LogP contribution in [0.4, 0.5) is 11.4 Å². The zero-order valence-electron chi connectivity index (χ0n) is 16.4. The van der Waals surface area contributed by atoms with Gasteiger partial charge in [-0.3, -0.25) is 19.7 Å². The fourth-order valence-electron chi connectivity index (χ4n) is 4.14. The molecule has 2 N–H and O–H groups in total. The first-order chi connectivity index (χ1) is 13.7. The van der Waals surface area contributed by atoms with Gasteiger partial charge >= 0.3 is 0 Å². The molecule has 1 aromatic carbocycles. The van der Waals surface area contributed by atoms with Crippen molar-refractivity contribution in [1.82, 2.24) is 4.90 Å². The van der Waals surface area contributed by atoms with Crippen LogP contribution in [0.3, 0.4) is 0 Å². The van der Waals surface area contributed by atoms with E-state index in [0.717, 1.165) is 12.8 Å². The summed E-state index contributed by atoms with van der Waals surface area (Å²) in [6.07, 6.45) is 4.90. The molecular weight excluding hydrogens is 378 g/mol. The second-order valence-corrected chi connectivity index (χ2v) is 7.58. The summed E-state index contributed by atoms with van der Waals surface area (Å²) in [4.78, 5) is 38.6. The Morgan fingerprint density at radius 1 is 1.48 bits per heavy atom. The van der Waals surface area contributed by atoms with Gasteiger partial charge in [-0.2, -0.15) is 0 Å². The molecule has 3 atom stereocenters. The highest BCUT2D eigenvalue weighted by atomic mass is 16.6. The summed E-state index contributed by atoms with van der Waals surface area (Å²) in [6.45, 7) is 2.17. The SMILES string of the molecule is C[C@@H](/C=C/CC(=O)N1CCC[C@H]1CO)[C@]1(O)C(=O)N(C)c2ccc([N+](=O)[O-])cc21. The number of benzene rings is 1. The number of hydrogen-bond acceptors (Lipinski definition) is 6. The summed E-state index contributed by atoms with van der Waals surface area (Å²) in [5.74, 6) is -1.40. The molecule has 29 heavy (non-hydrogen) atoms. The second kappa shape index (κ2) is 7.92. The topological polar surface area (TPSA) is 124 Å². The van der Waals surface area contributed by atoms with E-state index in [-0.39, 0.29) is 36.2 Å². The number of rotatable bonds is 6. The van der Waals surface area contributed by atoms with Crippen LogP contribution in [0.15, 0.2) is 30.4 Å². The predicted octanol–water partition coefficient (Wildman–Crippen LogP) is 1.32. The van der Waals surface area contributed by atoms with Gasteiger partial charge in [0.15, 0.2) is 5.60 Å². The molecule has 9 nitrogen and oxygen atoms in total. The third kappa shape index (κ3) is 3.51. The van der Waals surface area contributed by atoms with Crippen LogP contribution in [-0.2, 0) is 15.2 Å². The molecule has 1 aromatic rings. The summed E-state index contributed by atoms with van der Waals surface area (Å²) in [6, 6.07) is 3.81. The lowest BCUT2D eigenvalue weighted by Gasteiger charge is -2.27. The minimum atomic E-state index is -1.95. The molecule has 0 radical (unpaired) electrons. The van der Waals surface area contributed by atoms with Crippen LogP contribution in [0.5, 0.6) is 0 Å². The molecule has 9 heteroatoms. The fourth-order valence-corrected chi connectivity index (χ4v) is 4.14. The van der Waals surface area contributed by atoms with Crippen molar-refractivity contribution in [2.24, 2.45) is 5.92 Å². The Morgan fingerprint density at radius 3 is 2.86 bits per heavy atom. The van der Waals surface area contributed by atoms with Gasteiger partial charge in [-0.05, 0) is 18.9 Å². The molecule has 1 fully saturated rings.